The van der Waals surface area contributed by atoms with Crippen LogP contribution >= 0.6 is 0 Å². The van der Waals surface area contributed by atoms with Gasteiger partial charge >= 0.3 is 6.18 Å². The molecule has 1 N–H and O–H groups in total. The Hall–Kier alpha value is -2.83. The van der Waals surface area contributed by atoms with E-state index in [0.717, 1.165) is 24.5 Å². The molecule has 7 heteroatoms. The number of benzene rings is 2. The smallest absolute Gasteiger partial charge is 0.342 e. The van der Waals surface area contributed by atoms with Crippen LogP contribution in [0.2, 0.25) is 0 Å². The molecule has 2 aromatic carbocycles. The van der Waals surface area contributed by atoms with E-state index in [9.17, 15) is 22.8 Å². The summed E-state index contributed by atoms with van der Waals surface area (Å²) in [6, 6.07) is 14.7. The molecule has 2 amide bonds. The summed E-state index contributed by atoms with van der Waals surface area (Å²) in [4.78, 5) is 25.4. The Kier molecular flexibility index (Phi) is 7.61. The Balaban J connectivity index is 1.86. The molecule has 0 atom stereocenters. The first-order chi connectivity index (χ1) is 13.3. The van der Waals surface area contributed by atoms with Crippen LogP contribution in [-0.4, -0.2) is 29.8 Å². The number of carbonyl (C=O) groups is 2. The summed E-state index contributed by atoms with van der Waals surface area (Å²) in [5.41, 5.74) is -0.0133. The topological polar surface area (TPSA) is 49.4 Å². The van der Waals surface area contributed by atoms with Crippen LogP contribution in [0.1, 0.15) is 30.9 Å². The van der Waals surface area contributed by atoms with Crippen molar-refractivity contribution in [1.82, 2.24) is 4.90 Å². The Labute approximate surface area is 162 Å². The quantitative estimate of drug-likeness (QED) is 0.718. The molecule has 0 aliphatic carbocycles. The second kappa shape index (κ2) is 9.92. The van der Waals surface area contributed by atoms with Crippen LogP contribution < -0.4 is 5.32 Å². The molecular formula is C21H23F3N2O2. The fourth-order valence-electron chi connectivity index (χ4n) is 2.83. The zero-order valence-electron chi connectivity index (χ0n) is 15.6. The lowest BCUT2D eigenvalue weighted by Gasteiger charge is -2.21. The normalized spacial score (nSPS) is 11.1. The summed E-state index contributed by atoms with van der Waals surface area (Å²) in [6.45, 7) is 2.06. The summed E-state index contributed by atoms with van der Waals surface area (Å²) < 4.78 is 39.0. The van der Waals surface area contributed by atoms with Crippen LogP contribution in [0.5, 0.6) is 0 Å². The fourth-order valence-corrected chi connectivity index (χ4v) is 2.83. The number of hydrogen-bond donors (Lipinski definition) is 1. The lowest BCUT2D eigenvalue weighted by atomic mass is 10.1. The van der Waals surface area contributed by atoms with Crippen molar-refractivity contribution in [3.63, 3.8) is 0 Å². The molecule has 0 bridgehead atoms. The Bertz CT molecular complexity index is 792. The number of aryl methyl sites for hydroxylation is 1. The van der Waals surface area contributed by atoms with E-state index in [2.05, 4.69) is 5.32 Å². The zero-order valence-corrected chi connectivity index (χ0v) is 15.6. The first-order valence-corrected chi connectivity index (χ1v) is 9.03. The molecule has 0 aliphatic rings. The van der Waals surface area contributed by atoms with E-state index in [-0.39, 0.29) is 24.6 Å². The molecule has 150 valence electrons. The SMILES string of the molecule is CC(=O)N(CCCc1ccccc1)CCC(=O)Nc1ccccc1C(F)(F)F. The number of rotatable bonds is 8. The lowest BCUT2D eigenvalue weighted by Crippen LogP contribution is -2.33. The van der Waals surface area contributed by atoms with E-state index in [1.54, 1.807) is 0 Å². The van der Waals surface area contributed by atoms with Crippen molar-refractivity contribution in [2.24, 2.45) is 0 Å². The van der Waals surface area contributed by atoms with Gasteiger partial charge in [0.25, 0.3) is 0 Å². The molecular weight excluding hydrogens is 369 g/mol. The number of carbonyl (C=O) groups excluding carboxylic acids is 2. The van der Waals surface area contributed by atoms with Gasteiger partial charge < -0.3 is 10.2 Å². The Morgan fingerprint density at radius 1 is 0.964 bits per heavy atom. The summed E-state index contributed by atoms with van der Waals surface area (Å²) >= 11 is 0. The number of nitrogens with zero attached hydrogens (tertiary/aromatic N) is 1. The van der Waals surface area contributed by atoms with E-state index in [1.807, 2.05) is 30.3 Å². The lowest BCUT2D eigenvalue weighted by molar-refractivity contribution is -0.137. The molecule has 0 aromatic heterocycles. The van der Waals surface area contributed by atoms with E-state index in [4.69, 9.17) is 0 Å². The molecule has 0 aliphatic heterocycles. The third-order valence-corrected chi connectivity index (χ3v) is 4.30. The molecule has 2 rings (SSSR count). The van der Waals surface area contributed by atoms with Gasteiger partial charge in [-0.05, 0) is 30.5 Å². The van der Waals surface area contributed by atoms with Crippen molar-refractivity contribution in [1.29, 1.82) is 0 Å². The second-order valence-electron chi connectivity index (χ2n) is 6.44. The van der Waals surface area contributed by atoms with Crippen LogP contribution in [0.25, 0.3) is 0 Å². The van der Waals surface area contributed by atoms with Crippen LogP contribution in [0.3, 0.4) is 0 Å². The van der Waals surface area contributed by atoms with E-state index < -0.39 is 17.6 Å². The van der Waals surface area contributed by atoms with Gasteiger partial charge in [0.2, 0.25) is 11.8 Å². The Morgan fingerprint density at radius 2 is 1.61 bits per heavy atom. The average Bonchev–Trinajstić information content (AvgIpc) is 2.64. The maximum atomic E-state index is 13.0. The van der Waals surface area contributed by atoms with Crippen molar-refractivity contribution in [3.8, 4) is 0 Å². The second-order valence-corrected chi connectivity index (χ2v) is 6.44. The third-order valence-electron chi connectivity index (χ3n) is 4.30. The molecule has 0 heterocycles. The van der Waals surface area contributed by atoms with E-state index in [1.165, 1.54) is 30.0 Å². The molecule has 0 fully saturated rings. The fraction of sp³-hybridized carbons (Fsp3) is 0.333. The largest absolute Gasteiger partial charge is 0.418 e. The summed E-state index contributed by atoms with van der Waals surface area (Å²) in [5.74, 6) is -0.734. The Morgan fingerprint density at radius 3 is 2.25 bits per heavy atom. The van der Waals surface area contributed by atoms with Gasteiger partial charge in [-0.2, -0.15) is 13.2 Å². The first-order valence-electron chi connectivity index (χ1n) is 9.03. The number of hydrogen-bond acceptors (Lipinski definition) is 2. The standard InChI is InChI=1S/C21H23F3N2O2/c1-16(27)26(14-7-10-17-8-3-2-4-9-17)15-13-20(28)25-19-12-6-5-11-18(19)21(22,23)24/h2-6,8-9,11-12H,7,10,13-15H2,1H3,(H,25,28). The molecule has 0 spiro atoms. The van der Waals surface area contributed by atoms with Crippen LogP contribution in [0, 0.1) is 0 Å². The molecule has 0 radical (unpaired) electrons. The minimum atomic E-state index is -4.55. The zero-order chi connectivity index (χ0) is 20.6. The third kappa shape index (κ3) is 6.72. The molecule has 0 saturated heterocycles. The van der Waals surface area contributed by atoms with Gasteiger partial charge in [0.05, 0.1) is 11.3 Å². The summed E-state index contributed by atoms with van der Waals surface area (Å²) in [5, 5.41) is 2.30. The van der Waals surface area contributed by atoms with E-state index >= 15 is 0 Å². The number of anilines is 1. The van der Waals surface area contributed by atoms with Gasteiger partial charge in [-0.15, -0.1) is 0 Å². The maximum Gasteiger partial charge on any atom is 0.418 e. The predicted molar refractivity (Wildman–Crippen MR) is 102 cm³/mol. The highest BCUT2D eigenvalue weighted by Gasteiger charge is 2.33. The van der Waals surface area contributed by atoms with Crippen LogP contribution in [-0.2, 0) is 22.2 Å². The molecule has 28 heavy (non-hydrogen) atoms. The molecule has 0 saturated carbocycles. The summed E-state index contributed by atoms with van der Waals surface area (Å²) in [6.07, 6.45) is -3.08. The van der Waals surface area contributed by atoms with Gasteiger partial charge in [0.1, 0.15) is 0 Å². The van der Waals surface area contributed by atoms with E-state index in [0.29, 0.717) is 6.54 Å². The minimum Gasteiger partial charge on any atom is -0.342 e. The summed E-state index contributed by atoms with van der Waals surface area (Å²) in [7, 11) is 0. The number of nitrogens with one attached hydrogen (secondary N) is 1. The number of halogens is 3. The number of para-hydroxylation sites is 1. The van der Waals surface area contributed by atoms with Crippen LogP contribution in [0.15, 0.2) is 54.6 Å². The minimum absolute atomic E-state index is 0.0723. The first kappa shape index (κ1) is 21.5. The highest BCUT2D eigenvalue weighted by molar-refractivity contribution is 5.92. The highest BCUT2D eigenvalue weighted by atomic mass is 19.4. The molecule has 2 aromatic rings. The van der Waals surface area contributed by atoms with Crippen molar-refractivity contribution in [2.45, 2.75) is 32.4 Å². The van der Waals surface area contributed by atoms with Crippen molar-refractivity contribution < 1.29 is 22.8 Å². The van der Waals surface area contributed by atoms with Gasteiger partial charge in [-0.3, -0.25) is 9.59 Å². The highest BCUT2D eigenvalue weighted by Crippen LogP contribution is 2.34. The monoisotopic (exact) mass is 392 g/mol. The van der Waals surface area contributed by atoms with Crippen molar-refractivity contribution in [3.05, 3.63) is 65.7 Å². The van der Waals surface area contributed by atoms with Gasteiger partial charge in [-0.1, -0.05) is 42.5 Å². The number of amides is 2. The maximum absolute atomic E-state index is 13.0. The number of alkyl halides is 3. The molecule has 4 nitrogen and oxygen atoms in total. The average molecular weight is 392 g/mol. The van der Waals surface area contributed by atoms with Crippen molar-refractivity contribution >= 4 is 17.5 Å². The van der Waals surface area contributed by atoms with Crippen molar-refractivity contribution in [2.75, 3.05) is 18.4 Å². The van der Waals surface area contributed by atoms with Gasteiger partial charge in [0.15, 0.2) is 0 Å². The molecule has 0 unspecified atom stereocenters. The van der Waals surface area contributed by atoms with Gasteiger partial charge in [-0.25, -0.2) is 0 Å². The predicted octanol–water partition coefficient (Wildman–Crippen LogP) is 4.52. The van der Waals surface area contributed by atoms with Gasteiger partial charge in [0, 0.05) is 26.4 Å². The van der Waals surface area contributed by atoms with Crippen LogP contribution in [0.4, 0.5) is 18.9 Å².